The van der Waals surface area contributed by atoms with E-state index in [0.29, 0.717) is 35.9 Å². The molecule has 2 aromatic carbocycles. The summed E-state index contributed by atoms with van der Waals surface area (Å²) in [4.78, 5) is 97.1. The summed E-state index contributed by atoms with van der Waals surface area (Å²) in [6, 6.07) is 29.8. The molecule has 0 saturated heterocycles. The Hall–Kier alpha value is -9.28. The van der Waals surface area contributed by atoms with Gasteiger partial charge in [-0.3, -0.25) is 9.59 Å². The molecule has 6 atom stereocenters. The van der Waals surface area contributed by atoms with Crippen LogP contribution in [0.15, 0.2) is 96.4 Å². The lowest BCUT2D eigenvalue weighted by atomic mass is 9.83. The number of fused-ring (bicyclic) bond motifs is 16. The zero-order valence-corrected chi connectivity index (χ0v) is 68.7. The first kappa shape index (κ1) is 79.8. The van der Waals surface area contributed by atoms with Crippen LogP contribution in [0.3, 0.4) is 0 Å². The number of allylic oxidation sites excluding steroid dienone is 8. The lowest BCUT2D eigenvalue weighted by Gasteiger charge is -2.20. The molecule has 4 N–H and O–H groups in total. The Morgan fingerprint density at radius 2 is 0.898 bits per heavy atom. The topological polar surface area (TPSA) is 254 Å². The van der Waals surface area contributed by atoms with Gasteiger partial charge in [-0.15, -0.1) is 0 Å². The quantitative estimate of drug-likeness (QED) is 0.0584. The smallest absolute Gasteiger partial charge is 0.373 e. The molecule has 108 heavy (non-hydrogen) atoms. The Morgan fingerprint density at radius 1 is 0.509 bits per heavy atom. The number of benzene rings is 2. The number of Topliss-reactive ketones (excluding diaryl/α,β-unsaturated/α-hetero) is 2. The highest BCUT2D eigenvalue weighted by Crippen LogP contribution is 2.49. The molecule has 16 bridgehead atoms. The number of unbranched alkanes of at least 4 members (excludes halogenated alkanes) is 2. The average molecular weight is 1670 g/mol. The Morgan fingerprint density at radius 3 is 1.28 bits per heavy atom. The maximum Gasteiger partial charge on any atom is 0.373 e. The van der Waals surface area contributed by atoms with Crippen LogP contribution in [-0.2, 0) is 51.3 Å². The highest BCUT2D eigenvalue weighted by Gasteiger charge is 2.39. The average Bonchev–Trinajstić information content (AvgIpc) is 1.58. The highest BCUT2D eigenvalue weighted by molar-refractivity contribution is 14.1. The monoisotopic (exact) mass is 1670 g/mol. The van der Waals surface area contributed by atoms with Crippen LogP contribution < -0.4 is 0 Å². The molecular formula is C88H94I2N8O10. The number of carbonyl (C=O) groups is 2. The molecule has 10 heterocycles. The van der Waals surface area contributed by atoms with Gasteiger partial charge in [0.05, 0.1) is 107 Å². The molecule has 14 rings (SSSR count). The molecule has 560 valence electrons. The van der Waals surface area contributed by atoms with Crippen molar-refractivity contribution in [2.45, 2.75) is 197 Å². The summed E-state index contributed by atoms with van der Waals surface area (Å²) in [6.07, 6.45) is 11.8. The van der Waals surface area contributed by atoms with E-state index in [1.807, 2.05) is 12.2 Å². The summed E-state index contributed by atoms with van der Waals surface area (Å²) >= 11 is 4.69. The lowest BCUT2D eigenvalue weighted by molar-refractivity contribution is -0.193. The number of aromatic amines is 4. The van der Waals surface area contributed by atoms with E-state index < -0.39 is 0 Å². The van der Waals surface area contributed by atoms with Gasteiger partial charge in [0.2, 0.25) is 11.6 Å². The third kappa shape index (κ3) is 15.8. The summed E-state index contributed by atoms with van der Waals surface area (Å²) in [6.45, 7) is 31.4. The van der Waals surface area contributed by atoms with Gasteiger partial charge in [0.25, 0.3) is 0 Å². The Balaban J connectivity index is 0.000000200. The van der Waals surface area contributed by atoms with Crippen molar-refractivity contribution >= 4 is 148 Å². The number of hydrogen-bond acceptors (Lipinski definition) is 14. The standard InChI is InChI=1S/2C43H47IN4O3.2CO2/c2*1-9-11-15-30-23(4)33-18-35-25(6)39(26(7)51-21-27-13-12-14-28(44)16-27)37(46-35)20-32-22(3)29(10-2)36(45-32)19-34-24(5)31-17-38(50-8)43(49)40(41(30)47-33)42(31)48-34;2*2-1-3/h2*12-14,16-20,23,26,30,47-48H,9-11,15,21H2,1-8H3;;/t2*23-,26-,30-;;/m00../s1/i44-3;;;. The molecule has 0 spiro atoms. The maximum atomic E-state index is 14.3. The number of carbonyl (C=O) groups excluding carboxylic acids is 6. The van der Waals surface area contributed by atoms with Crippen molar-refractivity contribution in [2.75, 3.05) is 14.2 Å². The van der Waals surface area contributed by atoms with Gasteiger partial charge in [-0.05, 0) is 255 Å². The van der Waals surface area contributed by atoms with Crippen molar-refractivity contribution in [3.63, 3.8) is 0 Å². The van der Waals surface area contributed by atoms with E-state index in [4.69, 9.17) is 58.1 Å². The number of aromatic nitrogens is 8. The van der Waals surface area contributed by atoms with Gasteiger partial charge in [-0.25, -0.2) is 19.9 Å². The number of hydrogen-bond donors (Lipinski definition) is 4. The first-order valence-electron chi connectivity index (χ1n) is 37.2. The highest BCUT2D eigenvalue weighted by atomic mass is 127. The lowest BCUT2D eigenvalue weighted by Crippen LogP contribution is -2.14. The fraction of sp³-hybridized carbons (Fsp3) is 0.364. The third-order valence-electron chi connectivity index (χ3n) is 22.2. The van der Waals surface area contributed by atoms with Crippen LogP contribution >= 0.6 is 45.2 Å². The zero-order chi connectivity index (χ0) is 77.7. The SMILES string of the molecule is CCCC[C@@H]1c2[nH]c(cc3nc(cc4nc(cc5[nH]c6c(c5C)C=C(OC)C(=O)c26)C(CC)=C4C)C([C@H](C)OCc2cccc(I)c2)=C3C)[C@H]1C.CCCC[C@@H]1c2[nH]c(cc3nc(cc4nc(cc5[nH]c6c(c5C)C=C(OC)C(=O)c26)C(CC)=C4C)C([C@H](C)OCc2cccc([124I])c2)=C3C)[C@H]1C.O=C=O.O=C=O. The summed E-state index contributed by atoms with van der Waals surface area (Å²) in [5.41, 5.74) is 31.6. The predicted octanol–water partition coefficient (Wildman–Crippen LogP) is 21.0. The molecule has 8 aliphatic rings. The van der Waals surface area contributed by atoms with Crippen molar-refractivity contribution in [1.29, 1.82) is 0 Å². The van der Waals surface area contributed by atoms with E-state index in [-0.39, 0.29) is 59.7 Å². The molecule has 0 unspecified atom stereocenters. The Labute approximate surface area is 658 Å². The van der Waals surface area contributed by atoms with Crippen LogP contribution in [0.1, 0.15) is 281 Å². The van der Waals surface area contributed by atoms with Crippen LogP contribution in [-0.4, -0.2) is 90.2 Å². The summed E-state index contributed by atoms with van der Waals surface area (Å²) in [5, 5.41) is 0. The summed E-state index contributed by atoms with van der Waals surface area (Å²) < 4.78 is 27.0. The molecule has 2 aliphatic carbocycles. The van der Waals surface area contributed by atoms with Gasteiger partial charge in [-0.1, -0.05) is 91.5 Å². The number of ketones is 2. The molecule has 6 aliphatic heterocycles. The van der Waals surface area contributed by atoms with Crippen LogP contribution in [0.25, 0.3) is 78.8 Å². The minimum Gasteiger partial charge on any atom is -0.493 e. The first-order chi connectivity index (χ1) is 51.9. The second-order valence-electron chi connectivity index (χ2n) is 28.5. The first-order valence-corrected chi connectivity index (χ1v) is 39.4. The van der Waals surface area contributed by atoms with E-state index in [9.17, 15) is 9.59 Å². The van der Waals surface area contributed by atoms with Crippen molar-refractivity contribution < 1.29 is 47.7 Å². The predicted molar refractivity (Wildman–Crippen MR) is 441 cm³/mol. The normalized spacial score (nSPS) is 17.4. The van der Waals surface area contributed by atoms with E-state index in [1.54, 1.807) is 14.2 Å². The van der Waals surface area contributed by atoms with Crippen molar-refractivity contribution in [3.05, 3.63) is 216 Å². The molecular weight excluding hydrogens is 1580 g/mol. The second-order valence-corrected chi connectivity index (χ2v) is 31.0. The number of rotatable bonds is 18. The van der Waals surface area contributed by atoms with Crippen LogP contribution in [0, 0.1) is 21.0 Å². The van der Waals surface area contributed by atoms with E-state index in [1.165, 1.54) is 18.3 Å². The van der Waals surface area contributed by atoms with Gasteiger partial charge >= 0.3 is 12.3 Å². The number of H-pyrrole nitrogens is 4. The van der Waals surface area contributed by atoms with Gasteiger partial charge in [0.1, 0.15) is 0 Å². The second kappa shape index (κ2) is 34.5. The number of aryl methyl sites for hydroxylation is 2. The minimum atomic E-state index is -0.205. The van der Waals surface area contributed by atoms with Crippen LogP contribution in [0.2, 0.25) is 0 Å². The Bertz CT molecular complexity index is 5000. The van der Waals surface area contributed by atoms with E-state index in [2.05, 4.69) is 247 Å². The van der Waals surface area contributed by atoms with Crippen molar-refractivity contribution in [1.82, 2.24) is 39.9 Å². The molecule has 4 aromatic heterocycles. The maximum absolute atomic E-state index is 14.3. The van der Waals surface area contributed by atoms with Crippen molar-refractivity contribution in [2.24, 2.45) is 0 Å². The number of methoxy groups -OCH3 is 2. The third-order valence-corrected chi connectivity index (χ3v) is 23.5. The molecule has 0 amide bonds. The summed E-state index contributed by atoms with van der Waals surface area (Å²) in [7, 11) is 3.16. The van der Waals surface area contributed by atoms with E-state index >= 15 is 0 Å². The molecule has 0 saturated carbocycles. The van der Waals surface area contributed by atoms with Crippen LogP contribution in [0.5, 0.6) is 0 Å². The van der Waals surface area contributed by atoms with Crippen molar-refractivity contribution in [3.8, 4) is 0 Å². The molecule has 6 aromatic rings. The van der Waals surface area contributed by atoms with Gasteiger partial charge < -0.3 is 38.9 Å². The van der Waals surface area contributed by atoms with E-state index in [0.717, 1.165) is 209 Å². The molecule has 0 radical (unpaired) electrons. The Kier molecular flexibility index (Phi) is 25.5. The van der Waals surface area contributed by atoms with Crippen LogP contribution in [0.4, 0.5) is 0 Å². The molecule has 0 fully saturated rings. The van der Waals surface area contributed by atoms with Gasteiger partial charge in [-0.2, -0.15) is 19.2 Å². The number of nitrogens with zero attached hydrogens (tertiary/aromatic N) is 4. The number of nitrogens with one attached hydrogen (secondary N) is 4. The number of ether oxygens (including phenoxy) is 4. The summed E-state index contributed by atoms with van der Waals surface area (Å²) in [5.74, 6) is 1.08. The van der Waals surface area contributed by atoms with Gasteiger partial charge in [0.15, 0.2) is 11.5 Å². The zero-order valence-electron chi connectivity index (χ0n) is 64.4. The fourth-order valence-corrected chi connectivity index (χ4v) is 17.4. The molecule has 18 nitrogen and oxygen atoms in total. The van der Waals surface area contributed by atoms with Gasteiger partial charge in [0, 0.05) is 86.9 Å². The largest absolute Gasteiger partial charge is 0.493 e. The fourth-order valence-electron chi connectivity index (χ4n) is 16.2. The molecule has 20 heteroatoms. The minimum absolute atomic E-state index is 0.101. The number of halogens is 2.